The highest BCUT2D eigenvalue weighted by Gasteiger charge is 2.17. The zero-order chi connectivity index (χ0) is 13.4. The molecular formula is C12H10BrN3O3. The van der Waals surface area contributed by atoms with Crippen LogP contribution in [0.25, 0.3) is 0 Å². The summed E-state index contributed by atoms with van der Waals surface area (Å²) in [5, 5.41) is 6.79. The van der Waals surface area contributed by atoms with Crippen molar-refractivity contribution in [2.45, 2.75) is 0 Å². The van der Waals surface area contributed by atoms with Crippen LogP contribution in [0.4, 0.5) is 5.69 Å². The fraction of sp³-hybridized carbons (Fsp3) is 0.167. The van der Waals surface area contributed by atoms with E-state index in [1.807, 2.05) is 0 Å². The lowest BCUT2D eigenvalue weighted by molar-refractivity contribution is 0.101. The Hall–Kier alpha value is -2.02. The fourth-order valence-electron chi connectivity index (χ4n) is 1.83. The van der Waals surface area contributed by atoms with Gasteiger partial charge in [0.15, 0.2) is 11.5 Å². The maximum Gasteiger partial charge on any atom is 0.275 e. The van der Waals surface area contributed by atoms with E-state index in [4.69, 9.17) is 9.47 Å². The average Bonchev–Trinajstić information content (AvgIpc) is 2.95. The normalized spacial score (nSPS) is 12.5. The highest BCUT2D eigenvalue weighted by atomic mass is 79.9. The number of amides is 1. The lowest BCUT2D eigenvalue weighted by Gasteiger charge is -2.06. The molecule has 1 aliphatic rings. The number of rotatable bonds is 2. The molecule has 0 atom stereocenters. The predicted octanol–water partition coefficient (Wildman–Crippen LogP) is 2.16. The Balaban J connectivity index is 1.84. The Morgan fingerprint density at radius 2 is 2.21 bits per heavy atom. The van der Waals surface area contributed by atoms with E-state index in [1.165, 1.54) is 4.68 Å². The largest absolute Gasteiger partial charge is 0.454 e. The van der Waals surface area contributed by atoms with Crippen molar-refractivity contribution in [1.29, 1.82) is 0 Å². The van der Waals surface area contributed by atoms with Crippen LogP contribution in [0.1, 0.15) is 10.5 Å². The van der Waals surface area contributed by atoms with E-state index < -0.39 is 0 Å². The van der Waals surface area contributed by atoms with E-state index in [2.05, 4.69) is 26.3 Å². The maximum atomic E-state index is 12.1. The number of carbonyl (C=O) groups excluding carboxylic acids is 1. The first-order chi connectivity index (χ1) is 9.15. The first-order valence-corrected chi connectivity index (χ1v) is 6.33. The predicted molar refractivity (Wildman–Crippen MR) is 71.4 cm³/mol. The first kappa shape index (κ1) is 12.0. The minimum Gasteiger partial charge on any atom is -0.454 e. The summed E-state index contributed by atoms with van der Waals surface area (Å²) in [7, 11) is 1.71. The number of fused-ring (bicyclic) bond motifs is 1. The summed E-state index contributed by atoms with van der Waals surface area (Å²) in [4.78, 5) is 12.1. The van der Waals surface area contributed by atoms with Crippen molar-refractivity contribution in [3.05, 3.63) is 34.6 Å². The summed E-state index contributed by atoms with van der Waals surface area (Å²) in [6.07, 6.45) is 1.58. The number of aryl methyl sites for hydroxylation is 1. The molecule has 98 valence electrons. The molecule has 0 unspecified atom stereocenters. The molecule has 0 radical (unpaired) electrons. The topological polar surface area (TPSA) is 65.4 Å². The van der Waals surface area contributed by atoms with Gasteiger partial charge in [-0.15, -0.1) is 0 Å². The van der Waals surface area contributed by atoms with E-state index in [9.17, 15) is 4.79 Å². The Kier molecular flexibility index (Phi) is 2.90. The number of nitrogens with one attached hydrogen (secondary N) is 1. The molecule has 1 aromatic carbocycles. The van der Waals surface area contributed by atoms with Gasteiger partial charge < -0.3 is 14.8 Å². The van der Waals surface area contributed by atoms with Crippen molar-refractivity contribution in [1.82, 2.24) is 9.78 Å². The SMILES string of the molecule is Cn1ncc(Br)c1C(=O)Nc1ccc2c(c1)OCO2. The van der Waals surface area contributed by atoms with Crippen LogP contribution in [-0.2, 0) is 7.05 Å². The third-order valence-electron chi connectivity index (χ3n) is 2.74. The molecule has 6 nitrogen and oxygen atoms in total. The molecule has 0 fully saturated rings. The van der Waals surface area contributed by atoms with Gasteiger partial charge in [0, 0.05) is 18.8 Å². The van der Waals surface area contributed by atoms with Crippen LogP contribution in [0, 0.1) is 0 Å². The number of hydrogen-bond acceptors (Lipinski definition) is 4. The molecule has 1 aliphatic heterocycles. The molecule has 0 spiro atoms. The number of anilines is 1. The summed E-state index contributed by atoms with van der Waals surface area (Å²) in [6.45, 7) is 0.208. The van der Waals surface area contributed by atoms with E-state index in [0.29, 0.717) is 27.4 Å². The molecule has 2 aromatic rings. The van der Waals surface area contributed by atoms with Gasteiger partial charge in [0.25, 0.3) is 5.91 Å². The van der Waals surface area contributed by atoms with Crippen molar-refractivity contribution in [2.24, 2.45) is 7.05 Å². The van der Waals surface area contributed by atoms with Gasteiger partial charge in [-0.2, -0.15) is 5.10 Å². The second kappa shape index (κ2) is 4.58. The molecule has 0 saturated heterocycles. The number of carbonyl (C=O) groups is 1. The number of hydrogen-bond donors (Lipinski definition) is 1. The molecular weight excluding hydrogens is 314 g/mol. The van der Waals surface area contributed by atoms with Crippen LogP contribution in [-0.4, -0.2) is 22.5 Å². The first-order valence-electron chi connectivity index (χ1n) is 5.53. The average molecular weight is 324 g/mol. The Morgan fingerprint density at radius 3 is 2.95 bits per heavy atom. The Labute approximate surface area is 117 Å². The minimum absolute atomic E-state index is 0.208. The van der Waals surface area contributed by atoms with Gasteiger partial charge in [-0.3, -0.25) is 9.48 Å². The van der Waals surface area contributed by atoms with Gasteiger partial charge in [-0.25, -0.2) is 0 Å². The summed E-state index contributed by atoms with van der Waals surface area (Å²) in [5.74, 6) is 1.06. The highest BCUT2D eigenvalue weighted by molar-refractivity contribution is 9.10. The van der Waals surface area contributed by atoms with Crippen LogP contribution < -0.4 is 14.8 Å². The Bertz CT molecular complexity index is 634. The standard InChI is InChI=1S/C12H10BrN3O3/c1-16-11(8(13)5-14-16)12(17)15-7-2-3-9-10(4-7)19-6-18-9/h2-5H,6H2,1H3,(H,15,17). The highest BCUT2D eigenvalue weighted by Crippen LogP contribution is 2.34. The number of ether oxygens (including phenoxy) is 2. The van der Waals surface area contributed by atoms with Crippen molar-refractivity contribution in [3.8, 4) is 11.5 Å². The summed E-state index contributed by atoms with van der Waals surface area (Å²) < 4.78 is 12.6. The number of nitrogens with zero attached hydrogens (tertiary/aromatic N) is 2. The van der Waals surface area contributed by atoms with Crippen LogP contribution in [0.5, 0.6) is 11.5 Å². The number of aromatic nitrogens is 2. The van der Waals surface area contributed by atoms with Gasteiger partial charge in [0.2, 0.25) is 6.79 Å². The van der Waals surface area contributed by atoms with Gasteiger partial charge in [-0.05, 0) is 28.1 Å². The quantitative estimate of drug-likeness (QED) is 0.919. The van der Waals surface area contributed by atoms with Gasteiger partial charge >= 0.3 is 0 Å². The monoisotopic (exact) mass is 323 g/mol. The fourth-order valence-corrected chi connectivity index (χ4v) is 2.36. The number of halogens is 1. The third kappa shape index (κ3) is 2.17. The smallest absolute Gasteiger partial charge is 0.275 e. The zero-order valence-electron chi connectivity index (χ0n) is 10.0. The molecule has 2 heterocycles. The maximum absolute atomic E-state index is 12.1. The minimum atomic E-state index is -0.245. The van der Waals surface area contributed by atoms with Crippen molar-refractivity contribution in [2.75, 3.05) is 12.1 Å². The van der Waals surface area contributed by atoms with Gasteiger partial charge in [0.1, 0.15) is 5.69 Å². The van der Waals surface area contributed by atoms with Gasteiger partial charge in [-0.1, -0.05) is 0 Å². The van der Waals surface area contributed by atoms with E-state index in [1.54, 1.807) is 31.4 Å². The lowest BCUT2D eigenvalue weighted by atomic mass is 10.2. The van der Waals surface area contributed by atoms with Crippen LogP contribution in [0.2, 0.25) is 0 Å². The molecule has 0 bridgehead atoms. The lowest BCUT2D eigenvalue weighted by Crippen LogP contribution is -2.16. The zero-order valence-corrected chi connectivity index (χ0v) is 11.6. The molecule has 3 rings (SSSR count). The van der Waals surface area contributed by atoms with Crippen molar-refractivity contribution >= 4 is 27.5 Å². The van der Waals surface area contributed by atoms with E-state index >= 15 is 0 Å². The molecule has 7 heteroatoms. The van der Waals surface area contributed by atoms with Crippen molar-refractivity contribution in [3.63, 3.8) is 0 Å². The summed E-state index contributed by atoms with van der Waals surface area (Å²) in [6, 6.07) is 5.25. The molecule has 0 aliphatic carbocycles. The molecule has 19 heavy (non-hydrogen) atoms. The third-order valence-corrected chi connectivity index (χ3v) is 3.32. The van der Waals surface area contributed by atoms with Crippen molar-refractivity contribution < 1.29 is 14.3 Å². The molecule has 1 N–H and O–H groups in total. The summed E-state index contributed by atoms with van der Waals surface area (Å²) in [5.41, 5.74) is 1.10. The van der Waals surface area contributed by atoms with Crippen LogP contribution in [0.15, 0.2) is 28.9 Å². The van der Waals surface area contributed by atoms with Gasteiger partial charge in [0.05, 0.1) is 10.7 Å². The van der Waals surface area contributed by atoms with E-state index in [-0.39, 0.29) is 12.7 Å². The molecule has 1 aromatic heterocycles. The second-order valence-corrected chi connectivity index (χ2v) is 4.84. The molecule has 0 saturated carbocycles. The Morgan fingerprint density at radius 1 is 1.42 bits per heavy atom. The molecule has 1 amide bonds. The van der Waals surface area contributed by atoms with E-state index in [0.717, 1.165) is 0 Å². The van der Waals surface area contributed by atoms with Crippen LogP contribution >= 0.6 is 15.9 Å². The van der Waals surface area contributed by atoms with Crippen LogP contribution in [0.3, 0.4) is 0 Å². The summed E-state index contributed by atoms with van der Waals surface area (Å²) >= 11 is 3.29. The second-order valence-electron chi connectivity index (χ2n) is 3.99. The number of benzene rings is 1.